The Kier molecular flexibility index (Phi) is 66.9. The summed E-state index contributed by atoms with van der Waals surface area (Å²) in [5, 5.41) is 0. The van der Waals surface area contributed by atoms with E-state index < -0.39 is 6.16 Å². The van der Waals surface area contributed by atoms with Crippen LogP contribution in [0.4, 0.5) is 18.9 Å². The van der Waals surface area contributed by atoms with Crippen LogP contribution in [0, 0.1) is 0 Å². The second-order valence-electron chi connectivity index (χ2n) is 0.887. The molecule has 0 heterocycles. The molecule has 0 spiro atoms. The van der Waals surface area contributed by atoms with Crippen LogP contribution < -0.4 is 0 Å². The van der Waals surface area contributed by atoms with Crippen molar-refractivity contribution in [1.82, 2.24) is 0 Å². The van der Waals surface area contributed by atoms with Crippen molar-refractivity contribution in [2.24, 2.45) is 0 Å². The van der Waals surface area contributed by atoms with Gasteiger partial charge in [0.2, 0.25) is 0 Å². The van der Waals surface area contributed by atoms with Crippen LogP contribution >= 0.6 is 0 Å². The van der Waals surface area contributed by atoms with Gasteiger partial charge in [-0.2, -0.15) is 0 Å². The molecule has 0 bridgehead atoms. The van der Waals surface area contributed by atoms with Gasteiger partial charge in [0.25, 0.3) is 0 Å². The number of hydrogen-bond acceptors (Lipinski definition) is 3. The highest BCUT2D eigenvalue weighted by molar-refractivity contribution is 5.75. The average molecular weight is 175 g/mol. The quantitative estimate of drug-likeness (QED) is 0.438. The van der Waals surface area contributed by atoms with Crippen molar-refractivity contribution >= 4 is 14.6 Å². The Balaban J connectivity index is -0.0000000300. The average Bonchev–Trinajstić information content (AvgIpc) is 1.68. The van der Waals surface area contributed by atoms with Crippen LogP contribution in [0.15, 0.2) is 0 Å². The third-order valence-corrected chi connectivity index (χ3v) is 0.429. The molecule has 3 nitrogen and oxygen atoms in total. The zero-order valence-electron chi connectivity index (χ0n) is 6.23. The standard InChI is InChI=1S/C4H8O3.B.3FH/c1-3-7-4(5)6-2;;;;/h3H2,1-2H3;;3*1H. The van der Waals surface area contributed by atoms with E-state index in [1.165, 1.54) is 7.11 Å². The first kappa shape index (κ1) is 32.1. The zero-order valence-corrected chi connectivity index (χ0v) is 6.23. The molecule has 0 aliphatic rings. The third kappa shape index (κ3) is 27.2. The Hall–Kier alpha value is -0.875. The molecule has 69 valence electrons. The van der Waals surface area contributed by atoms with E-state index in [0.717, 1.165) is 0 Å². The highest BCUT2D eigenvalue weighted by Crippen LogP contribution is 1.77. The van der Waals surface area contributed by atoms with E-state index >= 15 is 0 Å². The minimum atomic E-state index is -0.623. The molecule has 0 aromatic heterocycles. The Morgan fingerprint density at radius 1 is 1.27 bits per heavy atom. The summed E-state index contributed by atoms with van der Waals surface area (Å²) < 4.78 is 8.46. The van der Waals surface area contributed by atoms with E-state index in [9.17, 15) is 4.79 Å². The maximum atomic E-state index is 9.97. The Labute approximate surface area is 64.7 Å². The van der Waals surface area contributed by atoms with Gasteiger partial charge < -0.3 is 9.47 Å². The minimum absolute atomic E-state index is 0. The second kappa shape index (κ2) is 22.9. The summed E-state index contributed by atoms with van der Waals surface area (Å²) in [6.07, 6.45) is -0.623. The molecule has 0 amide bonds. The molecule has 0 aromatic carbocycles. The van der Waals surface area contributed by atoms with E-state index in [0.29, 0.717) is 6.61 Å². The van der Waals surface area contributed by atoms with Crippen molar-refractivity contribution < 1.29 is 28.4 Å². The van der Waals surface area contributed by atoms with E-state index in [-0.39, 0.29) is 22.5 Å². The minimum Gasteiger partial charge on any atom is -0.438 e. The third-order valence-electron chi connectivity index (χ3n) is 0.429. The molecular weight excluding hydrogens is 164 g/mol. The van der Waals surface area contributed by atoms with Gasteiger partial charge in [0.05, 0.1) is 13.7 Å². The van der Waals surface area contributed by atoms with E-state index in [2.05, 4.69) is 9.47 Å². The normalized spacial score (nSPS) is 4.91. The second-order valence-corrected chi connectivity index (χ2v) is 0.887. The van der Waals surface area contributed by atoms with Gasteiger partial charge in [0, 0.05) is 8.41 Å². The van der Waals surface area contributed by atoms with Gasteiger partial charge >= 0.3 is 6.16 Å². The van der Waals surface area contributed by atoms with Crippen LogP contribution in [0.5, 0.6) is 0 Å². The summed E-state index contributed by atoms with van der Waals surface area (Å²) >= 11 is 0. The van der Waals surface area contributed by atoms with Gasteiger partial charge in [-0.1, -0.05) is 0 Å². The fourth-order valence-corrected chi connectivity index (χ4v) is 0.177. The van der Waals surface area contributed by atoms with Gasteiger partial charge in [0.1, 0.15) is 0 Å². The van der Waals surface area contributed by atoms with Crippen molar-refractivity contribution in [3.63, 3.8) is 0 Å². The monoisotopic (exact) mass is 175 g/mol. The lowest BCUT2D eigenvalue weighted by molar-refractivity contribution is 0.0771. The number of hydrogen-bond donors (Lipinski definition) is 0. The van der Waals surface area contributed by atoms with Crippen molar-refractivity contribution in [1.29, 1.82) is 0 Å². The first-order chi connectivity index (χ1) is 3.31. The van der Waals surface area contributed by atoms with E-state index in [1.54, 1.807) is 6.92 Å². The van der Waals surface area contributed by atoms with Crippen molar-refractivity contribution in [3.05, 3.63) is 0 Å². The summed E-state index contributed by atoms with van der Waals surface area (Å²) in [5.74, 6) is 0. The lowest BCUT2D eigenvalue weighted by Crippen LogP contribution is -2.02. The topological polar surface area (TPSA) is 35.5 Å². The van der Waals surface area contributed by atoms with Crippen molar-refractivity contribution in [2.75, 3.05) is 13.7 Å². The maximum Gasteiger partial charge on any atom is 0.507 e. The molecule has 0 aliphatic carbocycles. The SMILES string of the molecule is CCOC(=O)OC.F.F.F.[B]. The molecule has 0 saturated carbocycles. The molecule has 0 rings (SSSR count). The van der Waals surface area contributed by atoms with Crippen LogP contribution in [0.3, 0.4) is 0 Å². The summed E-state index contributed by atoms with van der Waals surface area (Å²) in [6.45, 7) is 2.09. The Bertz CT molecular complexity index is 73.6. The van der Waals surface area contributed by atoms with Crippen LogP contribution in [0.2, 0.25) is 0 Å². The summed E-state index contributed by atoms with van der Waals surface area (Å²) in [6, 6.07) is 0. The molecular formula is C4H11BF3O3. The summed E-state index contributed by atoms with van der Waals surface area (Å²) in [5.41, 5.74) is 0. The first-order valence-electron chi connectivity index (χ1n) is 2.02. The van der Waals surface area contributed by atoms with Crippen LogP contribution in [0.25, 0.3) is 0 Å². The highest BCUT2D eigenvalue weighted by atomic mass is 19.0. The molecule has 0 atom stereocenters. The maximum absolute atomic E-state index is 9.97. The van der Waals surface area contributed by atoms with Gasteiger partial charge in [0.15, 0.2) is 0 Å². The molecule has 0 aromatic rings. The van der Waals surface area contributed by atoms with Gasteiger partial charge in [-0.05, 0) is 6.92 Å². The largest absolute Gasteiger partial charge is 0.507 e. The van der Waals surface area contributed by atoms with Crippen molar-refractivity contribution in [3.8, 4) is 0 Å². The molecule has 0 unspecified atom stereocenters. The Morgan fingerprint density at radius 2 is 1.64 bits per heavy atom. The molecule has 0 fully saturated rings. The predicted molar refractivity (Wildman–Crippen MR) is 37.3 cm³/mol. The molecule has 0 aliphatic heterocycles. The van der Waals surface area contributed by atoms with Gasteiger partial charge in [-0.25, -0.2) is 4.79 Å². The van der Waals surface area contributed by atoms with Crippen molar-refractivity contribution in [2.45, 2.75) is 6.92 Å². The fraction of sp³-hybridized carbons (Fsp3) is 0.750. The predicted octanol–water partition coefficient (Wildman–Crippen LogP) is 0.866. The molecule has 11 heavy (non-hydrogen) atoms. The number of rotatable bonds is 1. The van der Waals surface area contributed by atoms with E-state index in [1.807, 2.05) is 0 Å². The molecule has 3 radical (unpaired) electrons. The number of halogens is 3. The van der Waals surface area contributed by atoms with Crippen LogP contribution in [-0.2, 0) is 9.47 Å². The number of ether oxygens (including phenoxy) is 2. The molecule has 0 N–H and O–H groups in total. The summed E-state index contributed by atoms with van der Waals surface area (Å²) in [7, 11) is 1.28. The lowest BCUT2D eigenvalue weighted by Gasteiger charge is -1.94. The zero-order chi connectivity index (χ0) is 5.70. The smallest absolute Gasteiger partial charge is 0.438 e. The number of carbonyl (C=O) groups excluding carboxylic acids is 1. The molecule has 0 saturated heterocycles. The lowest BCUT2D eigenvalue weighted by atomic mass is 10.8. The van der Waals surface area contributed by atoms with Crippen LogP contribution in [0.1, 0.15) is 6.92 Å². The molecule has 7 heteroatoms. The van der Waals surface area contributed by atoms with E-state index in [4.69, 9.17) is 0 Å². The van der Waals surface area contributed by atoms with Crippen LogP contribution in [-0.4, -0.2) is 28.3 Å². The number of carbonyl (C=O) groups is 1. The Morgan fingerprint density at radius 3 is 1.73 bits per heavy atom. The number of methoxy groups -OCH3 is 1. The van der Waals surface area contributed by atoms with Gasteiger partial charge in [-0.15, -0.1) is 0 Å². The fourth-order valence-electron chi connectivity index (χ4n) is 0.177. The first-order valence-corrected chi connectivity index (χ1v) is 2.02. The summed E-state index contributed by atoms with van der Waals surface area (Å²) in [4.78, 5) is 9.97. The van der Waals surface area contributed by atoms with Gasteiger partial charge in [-0.3, -0.25) is 14.1 Å². The highest BCUT2D eigenvalue weighted by Gasteiger charge is 1.92.